The summed E-state index contributed by atoms with van der Waals surface area (Å²) in [6, 6.07) is 5.15. The highest BCUT2D eigenvalue weighted by molar-refractivity contribution is 5.81. The smallest absolute Gasteiger partial charge is 0.405 e. The van der Waals surface area contributed by atoms with Gasteiger partial charge in [0.05, 0.1) is 16.9 Å². The van der Waals surface area contributed by atoms with Gasteiger partial charge >= 0.3 is 6.09 Å². The lowest BCUT2D eigenvalue weighted by Crippen LogP contribution is -2.33. The average Bonchev–Trinajstić information content (AvgIpc) is 3.21. The summed E-state index contributed by atoms with van der Waals surface area (Å²) in [6.45, 7) is 3.59. The Labute approximate surface area is 121 Å². The van der Waals surface area contributed by atoms with Crippen molar-refractivity contribution in [2.75, 3.05) is 0 Å². The number of rotatable bonds is 3. The number of amides is 1. The van der Waals surface area contributed by atoms with E-state index >= 15 is 0 Å². The molecule has 0 bridgehead atoms. The maximum Gasteiger partial charge on any atom is 0.405 e. The van der Waals surface area contributed by atoms with Gasteiger partial charge in [-0.2, -0.15) is 0 Å². The molecule has 0 radical (unpaired) electrons. The fourth-order valence-electron chi connectivity index (χ4n) is 2.67. The van der Waals surface area contributed by atoms with E-state index in [4.69, 9.17) is 5.11 Å². The first-order valence-electron chi connectivity index (χ1n) is 7.00. The summed E-state index contributed by atoms with van der Waals surface area (Å²) in [5, 5.41) is 11.9. The third-order valence-corrected chi connectivity index (χ3v) is 3.80. The minimum Gasteiger partial charge on any atom is -0.465 e. The van der Waals surface area contributed by atoms with Crippen LogP contribution in [-0.4, -0.2) is 20.8 Å². The van der Waals surface area contributed by atoms with E-state index in [1.807, 2.05) is 19.1 Å². The number of nitrogens with zero attached hydrogens (tertiary/aromatic N) is 2. The van der Waals surface area contributed by atoms with Gasteiger partial charge in [0.25, 0.3) is 5.56 Å². The molecule has 6 nitrogen and oxygen atoms in total. The molecule has 0 spiro atoms. The third-order valence-electron chi connectivity index (χ3n) is 3.80. The topological polar surface area (TPSA) is 84.2 Å². The van der Waals surface area contributed by atoms with E-state index in [1.165, 1.54) is 0 Å². The maximum absolute atomic E-state index is 12.8. The van der Waals surface area contributed by atoms with Crippen LogP contribution in [0.3, 0.4) is 0 Å². The monoisotopic (exact) mass is 287 g/mol. The Hall–Kier alpha value is -2.37. The summed E-state index contributed by atoms with van der Waals surface area (Å²) in [5.74, 6) is 0.489. The largest absolute Gasteiger partial charge is 0.465 e. The van der Waals surface area contributed by atoms with Crippen LogP contribution in [0.4, 0.5) is 4.79 Å². The summed E-state index contributed by atoms with van der Waals surface area (Å²) in [6.07, 6.45) is 0.751. The molecule has 1 heterocycles. The van der Waals surface area contributed by atoms with Crippen molar-refractivity contribution in [1.29, 1.82) is 0 Å². The molecule has 21 heavy (non-hydrogen) atoms. The lowest BCUT2D eigenvalue weighted by atomic mass is 10.1. The summed E-state index contributed by atoms with van der Waals surface area (Å²) < 4.78 is 1.66. The van der Waals surface area contributed by atoms with E-state index in [0.29, 0.717) is 16.7 Å². The predicted molar refractivity (Wildman–Crippen MR) is 78.6 cm³/mol. The Bertz CT molecular complexity index is 778. The quantitative estimate of drug-likeness (QED) is 0.907. The number of hydrogen-bond donors (Lipinski definition) is 2. The van der Waals surface area contributed by atoms with E-state index in [1.54, 1.807) is 17.6 Å². The number of carbonyl (C=O) groups is 1. The van der Waals surface area contributed by atoms with Gasteiger partial charge in [0.2, 0.25) is 0 Å². The van der Waals surface area contributed by atoms with Gasteiger partial charge in [-0.25, -0.2) is 9.78 Å². The molecule has 2 N–H and O–H groups in total. The Morgan fingerprint density at radius 2 is 2.19 bits per heavy atom. The van der Waals surface area contributed by atoms with Gasteiger partial charge in [-0.05, 0) is 38.3 Å². The van der Waals surface area contributed by atoms with Crippen LogP contribution in [-0.2, 0) is 0 Å². The zero-order chi connectivity index (χ0) is 15.1. The summed E-state index contributed by atoms with van der Waals surface area (Å²) >= 11 is 0. The maximum atomic E-state index is 12.8. The highest BCUT2D eigenvalue weighted by Crippen LogP contribution is 2.36. The number of benzene rings is 1. The van der Waals surface area contributed by atoms with Crippen LogP contribution in [0.1, 0.15) is 43.2 Å². The number of fused-ring (bicyclic) bond motifs is 1. The first kappa shape index (κ1) is 13.6. The molecule has 1 amide bonds. The van der Waals surface area contributed by atoms with E-state index < -0.39 is 12.1 Å². The van der Waals surface area contributed by atoms with Crippen LogP contribution >= 0.6 is 0 Å². The Morgan fingerprint density at radius 3 is 2.81 bits per heavy atom. The summed E-state index contributed by atoms with van der Waals surface area (Å²) in [7, 11) is 0. The molecule has 2 aromatic rings. The van der Waals surface area contributed by atoms with E-state index in [2.05, 4.69) is 10.3 Å². The third kappa shape index (κ3) is 2.37. The lowest BCUT2D eigenvalue weighted by Gasteiger charge is -2.18. The second-order valence-electron chi connectivity index (χ2n) is 5.52. The van der Waals surface area contributed by atoms with Crippen molar-refractivity contribution in [2.45, 2.75) is 38.8 Å². The Balaban J connectivity index is 2.26. The molecule has 0 saturated heterocycles. The van der Waals surface area contributed by atoms with Crippen molar-refractivity contribution in [3.63, 3.8) is 0 Å². The molecule has 1 aromatic heterocycles. The van der Waals surface area contributed by atoms with Gasteiger partial charge in [0.1, 0.15) is 5.82 Å². The van der Waals surface area contributed by atoms with E-state index in [0.717, 1.165) is 18.4 Å². The van der Waals surface area contributed by atoms with Crippen molar-refractivity contribution < 1.29 is 9.90 Å². The van der Waals surface area contributed by atoms with E-state index in [9.17, 15) is 9.59 Å². The minimum atomic E-state index is -1.12. The Morgan fingerprint density at radius 1 is 1.48 bits per heavy atom. The molecule has 1 fully saturated rings. The molecule has 6 heteroatoms. The fourth-order valence-corrected chi connectivity index (χ4v) is 2.67. The van der Waals surface area contributed by atoms with Gasteiger partial charge < -0.3 is 10.4 Å². The number of nitrogens with one attached hydrogen (secondary N) is 1. The zero-order valence-electron chi connectivity index (χ0n) is 12.0. The highest BCUT2D eigenvalue weighted by Gasteiger charge is 2.30. The van der Waals surface area contributed by atoms with Gasteiger partial charge in [-0.15, -0.1) is 0 Å². The van der Waals surface area contributed by atoms with Crippen LogP contribution in [0.2, 0.25) is 0 Å². The van der Waals surface area contributed by atoms with Crippen molar-refractivity contribution in [3.8, 4) is 0 Å². The molecule has 1 atom stereocenters. The molecular formula is C15H17N3O3. The van der Waals surface area contributed by atoms with Gasteiger partial charge in [0.15, 0.2) is 0 Å². The molecule has 3 rings (SSSR count). The number of aromatic nitrogens is 2. The van der Waals surface area contributed by atoms with Crippen molar-refractivity contribution in [1.82, 2.24) is 14.9 Å². The number of aryl methyl sites for hydroxylation is 1. The second kappa shape index (κ2) is 4.87. The summed E-state index contributed by atoms with van der Waals surface area (Å²) in [4.78, 5) is 28.2. The predicted octanol–water partition coefficient (Wildman–Crippen LogP) is 2.37. The van der Waals surface area contributed by atoms with Gasteiger partial charge in [-0.3, -0.25) is 9.36 Å². The zero-order valence-corrected chi connectivity index (χ0v) is 12.0. The first-order valence-corrected chi connectivity index (χ1v) is 7.00. The molecule has 0 aliphatic heterocycles. The molecule has 1 saturated carbocycles. The standard InChI is InChI=1S/C15H17N3O3/c1-8-4-3-5-11-12(8)14(19)18(10-6-7-10)13(17-11)9(2)16-15(20)21/h3-5,9-10,16H,6-7H2,1-2H3,(H,20,21). The van der Waals surface area contributed by atoms with Crippen LogP contribution < -0.4 is 10.9 Å². The molecule has 1 unspecified atom stereocenters. The molecular weight excluding hydrogens is 270 g/mol. The van der Waals surface area contributed by atoms with Crippen molar-refractivity contribution in [3.05, 3.63) is 39.9 Å². The van der Waals surface area contributed by atoms with Crippen LogP contribution in [0.25, 0.3) is 10.9 Å². The second-order valence-corrected chi connectivity index (χ2v) is 5.52. The average molecular weight is 287 g/mol. The lowest BCUT2D eigenvalue weighted by molar-refractivity contribution is 0.190. The fraction of sp³-hybridized carbons (Fsp3) is 0.400. The molecule has 110 valence electrons. The van der Waals surface area contributed by atoms with Crippen molar-refractivity contribution >= 4 is 17.0 Å². The van der Waals surface area contributed by atoms with Crippen LogP contribution in [0.5, 0.6) is 0 Å². The molecule has 1 aliphatic carbocycles. The Kier molecular flexibility index (Phi) is 3.16. The number of carboxylic acid groups (broad SMARTS) is 1. The van der Waals surface area contributed by atoms with Crippen LogP contribution in [0, 0.1) is 6.92 Å². The normalized spacial score (nSPS) is 15.9. The molecule has 1 aliphatic rings. The number of hydrogen-bond acceptors (Lipinski definition) is 3. The van der Waals surface area contributed by atoms with Crippen molar-refractivity contribution in [2.24, 2.45) is 0 Å². The van der Waals surface area contributed by atoms with Gasteiger partial charge in [-0.1, -0.05) is 12.1 Å². The molecule has 1 aromatic carbocycles. The SMILES string of the molecule is Cc1cccc2nc(C(C)NC(=O)O)n(C3CC3)c(=O)c12. The highest BCUT2D eigenvalue weighted by atomic mass is 16.4. The van der Waals surface area contributed by atoms with Crippen LogP contribution in [0.15, 0.2) is 23.0 Å². The summed E-state index contributed by atoms with van der Waals surface area (Å²) in [5.41, 5.74) is 1.44. The van der Waals surface area contributed by atoms with E-state index in [-0.39, 0.29) is 11.6 Å². The van der Waals surface area contributed by atoms with Gasteiger partial charge in [0, 0.05) is 6.04 Å². The first-order chi connectivity index (χ1) is 9.99. The minimum absolute atomic E-state index is 0.0744.